The van der Waals surface area contributed by atoms with Gasteiger partial charge >= 0.3 is 0 Å². The summed E-state index contributed by atoms with van der Waals surface area (Å²) in [5, 5.41) is 10.2. The minimum Gasteiger partial charge on any atom is -0.361 e. The van der Waals surface area contributed by atoms with Gasteiger partial charge in [-0.1, -0.05) is 0 Å². The lowest BCUT2D eigenvalue weighted by molar-refractivity contribution is -0.115. The second kappa shape index (κ2) is 10.2. The van der Waals surface area contributed by atoms with E-state index in [4.69, 9.17) is 0 Å². The molecular formula is C20H16F4N6O2. The lowest BCUT2D eigenvalue weighted by Crippen LogP contribution is -2.23. The number of hydrogen-bond acceptors (Lipinski definition) is 6. The Bertz CT molecular complexity index is 1060. The molecule has 4 N–H and O–H groups in total. The van der Waals surface area contributed by atoms with Gasteiger partial charge in [0.1, 0.15) is 18.0 Å². The van der Waals surface area contributed by atoms with Crippen molar-refractivity contribution in [2.45, 2.75) is 0 Å². The molecule has 12 heteroatoms. The highest BCUT2D eigenvalue weighted by molar-refractivity contribution is 5.94. The highest BCUT2D eigenvalue weighted by Crippen LogP contribution is 2.14. The van der Waals surface area contributed by atoms with Gasteiger partial charge in [0.25, 0.3) is 0 Å². The predicted octanol–water partition coefficient (Wildman–Crippen LogP) is 3.13. The molecule has 0 aliphatic heterocycles. The van der Waals surface area contributed by atoms with E-state index in [-0.39, 0.29) is 36.1 Å². The van der Waals surface area contributed by atoms with Crippen LogP contribution in [0.5, 0.6) is 0 Å². The Balaban J connectivity index is 1.48. The molecule has 166 valence electrons. The number of halogens is 4. The molecule has 3 rings (SSSR count). The molecule has 0 fully saturated rings. The van der Waals surface area contributed by atoms with Crippen LogP contribution in [0.2, 0.25) is 0 Å². The smallest absolute Gasteiger partial charge is 0.243 e. The van der Waals surface area contributed by atoms with E-state index in [1.54, 1.807) is 0 Å². The monoisotopic (exact) mass is 448 g/mol. The Hall–Kier alpha value is -4.22. The van der Waals surface area contributed by atoms with Crippen LogP contribution in [0.4, 0.5) is 40.6 Å². The molecule has 32 heavy (non-hydrogen) atoms. The Morgan fingerprint density at radius 2 is 1.09 bits per heavy atom. The fourth-order valence-electron chi connectivity index (χ4n) is 2.45. The maximum Gasteiger partial charge on any atom is 0.243 e. The third-order valence-corrected chi connectivity index (χ3v) is 3.93. The molecule has 0 atom stereocenters. The molecule has 0 spiro atoms. The van der Waals surface area contributed by atoms with Crippen molar-refractivity contribution in [3.8, 4) is 0 Å². The van der Waals surface area contributed by atoms with Gasteiger partial charge in [0.05, 0.1) is 13.1 Å². The lowest BCUT2D eigenvalue weighted by Gasteiger charge is -2.10. The number of rotatable bonds is 8. The normalized spacial score (nSPS) is 10.4. The highest BCUT2D eigenvalue weighted by Gasteiger charge is 2.09. The number of amides is 2. The van der Waals surface area contributed by atoms with Gasteiger partial charge in [-0.25, -0.2) is 27.5 Å². The molecular weight excluding hydrogens is 432 g/mol. The quantitative estimate of drug-likeness (QED) is 0.395. The molecule has 0 aliphatic carbocycles. The minimum atomic E-state index is -1.09. The van der Waals surface area contributed by atoms with Crippen LogP contribution in [0, 0.1) is 23.3 Å². The van der Waals surface area contributed by atoms with Crippen LogP contribution in [0.15, 0.2) is 48.8 Å². The van der Waals surface area contributed by atoms with Crippen molar-refractivity contribution in [1.82, 2.24) is 9.97 Å². The van der Waals surface area contributed by atoms with Crippen LogP contribution in [0.25, 0.3) is 0 Å². The summed E-state index contributed by atoms with van der Waals surface area (Å²) in [5.74, 6) is -4.79. The molecule has 1 heterocycles. The van der Waals surface area contributed by atoms with E-state index in [0.29, 0.717) is 0 Å². The third kappa shape index (κ3) is 6.39. The van der Waals surface area contributed by atoms with Gasteiger partial charge in [-0.3, -0.25) is 9.59 Å². The minimum absolute atomic E-state index is 0.0905. The Morgan fingerprint density at radius 3 is 1.50 bits per heavy atom. The molecule has 1 aromatic heterocycles. The van der Waals surface area contributed by atoms with Gasteiger partial charge in [-0.05, 0) is 24.3 Å². The number of nitrogens with zero attached hydrogens (tertiary/aromatic N) is 2. The zero-order valence-electron chi connectivity index (χ0n) is 16.3. The summed E-state index contributed by atoms with van der Waals surface area (Å²) in [7, 11) is 0. The summed E-state index contributed by atoms with van der Waals surface area (Å²) < 4.78 is 52.2. The average molecular weight is 448 g/mol. The molecule has 0 bridgehead atoms. The summed E-state index contributed by atoms with van der Waals surface area (Å²) in [6, 6.07) is 7.35. The van der Waals surface area contributed by atoms with Crippen molar-refractivity contribution in [1.29, 1.82) is 0 Å². The summed E-state index contributed by atoms with van der Waals surface area (Å²) in [6.45, 7) is -0.460. The van der Waals surface area contributed by atoms with E-state index >= 15 is 0 Å². The number of anilines is 4. The summed E-state index contributed by atoms with van der Waals surface area (Å²) >= 11 is 0. The topological polar surface area (TPSA) is 108 Å². The fourth-order valence-corrected chi connectivity index (χ4v) is 2.45. The van der Waals surface area contributed by atoms with E-state index in [2.05, 4.69) is 31.2 Å². The Labute approximate surface area is 179 Å². The van der Waals surface area contributed by atoms with Crippen molar-refractivity contribution in [3.63, 3.8) is 0 Å². The first-order valence-electron chi connectivity index (χ1n) is 9.10. The SMILES string of the molecule is O=C(CNc1cc(NCC(=O)Nc2ccc(F)c(F)c2)ncn1)Nc1ccc(F)c(F)c1. The molecule has 3 aromatic rings. The number of aromatic nitrogens is 2. The summed E-state index contributed by atoms with van der Waals surface area (Å²) in [4.78, 5) is 31.8. The van der Waals surface area contributed by atoms with Gasteiger partial charge < -0.3 is 21.3 Å². The molecule has 0 unspecified atom stereocenters. The number of nitrogens with one attached hydrogen (secondary N) is 4. The van der Waals surface area contributed by atoms with E-state index in [1.807, 2.05) is 0 Å². The zero-order valence-corrected chi connectivity index (χ0v) is 16.3. The Morgan fingerprint density at radius 1 is 0.656 bits per heavy atom. The highest BCUT2D eigenvalue weighted by atomic mass is 19.2. The second-order valence-corrected chi connectivity index (χ2v) is 6.35. The fraction of sp³-hybridized carbons (Fsp3) is 0.100. The number of carbonyl (C=O) groups excluding carboxylic acids is 2. The molecule has 0 saturated carbocycles. The number of benzene rings is 2. The first kappa shape index (κ1) is 22.5. The van der Waals surface area contributed by atoms with Crippen molar-refractivity contribution in [2.24, 2.45) is 0 Å². The van der Waals surface area contributed by atoms with Crippen LogP contribution in [0.1, 0.15) is 0 Å². The maximum atomic E-state index is 13.2. The standard InChI is InChI=1S/C20H16F4N6O2/c21-13-3-1-11(5-15(13)23)29-19(31)8-25-17-7-18(28-10-27-17)26-9-20(32)30-12-2-4-14(22)16(24)6-12/h1-7,10H,8-9H2,(H,29,31)(H,30,32)(H2,25,26,27,28). The predicted molar refractivity (Wildman–Crippen MR) is 109 cm³/mol. The van der Waals surface area contributed by atoms with Gasteiger partial charge in [0, 0.05) is 29.6 Å². The molecule has 2 aromatic carbocycles. The van der Waals surface area contributed by atoms with Crippen molar-refractivity contribution >= 4 is 34.8 Å². The number of carbonyl (C=O) groups is 2. The third-order valence-electron chi connectivity index (χ3n) is 3.93. The van der Waals surface area contributed by atoms with E-state index in [9.17, 15) is 27.2 Å². The van der Waals surface area contributed by atoms with Crippen molar-refractivity contribution in [3.05, 3.63) is 72.1 Å². The van der Waals surface area contributed by atoms with Crippen LogP contribution in [0.3, 0.4) is 0 Å². The van der Waals surface area contributed by atoms with Gasteiger partial charge in [0.15, 0.2) is 23.3 Å². The van der Waals surface area contributed by atoms with Crippen LogP contribution in [-0.4, -0.2) is 34.9 Å². The van der Waals surface area contributed by atoms with Crippen LogP contribution < -0.4 is 21.3 Å². The van der Waals surface area contributed by atoms with Gasteiger partial charge in [-0.2, -0.15) is 0 Å². The first-order chi connectivity index (χ1) is 15.3. The molecule has 0 radical (unpaired) electrons. The van der Waals surface area contributed by atoms with E-state index in [1.165, 1.54) is 24.5 Å². The largest absolute Gasteiger partial charge is 0.361 e. The van der Waals surface area contributed by atoms with Crippen LogP contribution >= 0.6 is 0 Å². The van der Waals surface area contributed by atoms with Crippen molar-refractivity contribution < 1.29 is 27.2 Å². The second-order valence-electron chi connectivity index (χ2n) is 6.35. The van der Waals surface area contributed by atoms with E-state index < -0.39 is 35.1 Å². The lowest BCUT2D eigenvalue weighted by atomic mass is 10.3. The van der Waals surface area contributed by atoms with Gasteiger partial charge in [-0.15, -0.1) is 0 Å². The average Bonchev–Trinajstić information content (AvgIpc) is 2.76. The first-order valence-corrected chi connectivity index (χ1v) is 9.10. The van der Waals surface area contributed by atoms with E-state index in [0.717, 1.165) is 24.3 Å². The maximum absolute atomic E-state index is 13.2. The zero-order chi connectivity index (χ0) is 23.1. The molecule has 0 saturated heterocycles. The van der Waals surface area contributed by atoms with Crippen LogP contribution in [-0.2, 0) is 9.59 Å². The molecule has 8 nitrogen and oxygen atoms in total. The summed E-state index contributed by atoms with van der Waals surface area (Å²) in [5.41, 5.74) is 0.181. The summed E-state index contributed by atoms with van der Waals surface area (Å²) in [6.07, 6.45) is 1.19. The number of hydrogen-bond donors (Lipinski definition) is 4. The Kier molecular flexibility index (Phi) is 7.16. The molecule has 0 aliphatic rings. The van der Waals surface area contributed by atoms with Gasteiger partial charge in [0.2, 0.25) is 11.8 Å². The van der Waals surface area contributed by atoms with Crippen molar-refractivity contribution in [2.75, 3.05) is 34.4 Å². The molecule has 2 amide bonds.